The third-order valence-electron chi connectivity index (χ3n) is 8.54. The standard InChI is InChI=1S/C22H35NO3/c1-4-25-20(24)14-26-19-9-7-16-15-6-8-18-21(2,11-5-13-23-18)17(15)10-12-22(16,19)3/h13,15-19H,4-12,14H2,1-3H3/t15-,16-,17+,18?,19?,21+,22-/m0/s1. The van der Waals surface area contributed by atoms with E-state index in [1.54, 1.807) is 0 Å². The molecule has 4 heteroatoms. The van der Waals surface area contributed by atoms with Gasteiger partial charge in [-0.15, -0.1) is 0 Å². The highest BCUT2D eigenvalue weighted by atomic mass is 16.6. The molecule has 2 unspecified atom stereocenters. The molecular weight excluding hydrogens is 326 g/mol. The van der Waals surface area contributed by atoms with Crippen LogP contribution in [-0.4, -0.2) is 37.5 Å². The second-order valence-electron chi connectivity index (χ2n) is 9.57. The monoisotopic (exact) mass is 361 g/mol. The van der Waals surface area contributed by atoms with E-state index in [1.165, 1.54) is 38.5 Å². The molecule has 0 aromatic heterocycles. The van der Waals surface area contributed by atoms with Gasteiger partial charge in [-0.25, -0.2) is 4.79 Å². The van der Waals surface area contributed by atoms with Crippen molar-refractivity contribution in [2.24, 2.45) is 33.6 Å². The van der Waals surface area contributed by atoms with Crippen molar-refractivity contribution in [3.63, 3.8) is 0 Å². The molecule has 0 bridgehead atoms. The van der Waals surface area contributed by atoms with Crippen molar-refractivity contribution in [3.8, 4) is 0 Å². The van der Waals surface area contributed by atoms with E-state index in [-0.39, 0.29) is 24.1 Å². The zero-order valence-electron chi connectivity index (χ0n) is 16.7. The highest BCUT2D eigenvalue weighted by Gasteiger charge is 2.60. The zero-order chi connectivity index (χ0) is 18.4. The number of fused-ring (bicyclic) bond motifs is 5. The summed E-state index contributed by atoms with van der Waals surface area (Å²) in [5.41, 5.74) is 0.637. The normalized spacial score (nSPS) is 47.0. The van der Waals surface area contributed by atoms with Crippen molar-refractivity contribution < 1.29 is 14.3 Å². The number of aliphatic imine (C=N–C) groups is 1. The molecule has 146 valence electrons. The van der Waals surface area contributed by atoms with Gasteiger partial charge in [0.05, 0.1) is 18.8 Å². The molecule has 1 aliphatic heterocycles. The summed E-state index contributed by atoms with van der Waals surface area (Å²) in [7, 11) is 0. The molecule has 4 rings (SSSR count). The summed E-state index contributed by atoms with van der Waals surface area (Å²) in [4.78, 5) is 16.6. The Labute approximate surface area is 158 Å². The highest BCUT2D eigenvalue weighted by molar-refractivity contribution is 5.70. The van der Waals surface area contributed by atoms with E-state index >= 15 is 0 Å². The summed E-state index contributed by atoms with van der Waals surface area (Å²) in [6.07, 6.45) is 12.3. The third-order valence-corrected chi connectivity index (χ3v) is 8.54. The van der Waals surface area contributed by atoms with Crippen molar-refractivity contribution in [1.82, 2.24) is 0 Å². The summed E-state index contributed by atoms with van der Waals surface area (Å²) < 4.78 is 11.2. The second-order valence-corrected chi connectivity index (χ2v) is 9.57. The van der Waals surface area contributed by atoms with Gasteiger partial charge in [-0.3, -0.25) is 4.99 Å². The summed E-state index contributed by atoms with van der Waals surface area (Å²) in [6.45, 7) is 7.35. The molecular formula is C22H35NO3. The molecule has 0 radical (unpaired) electrons. The average molecular weight is 362 g/mol. The molecule has 3 saturated carbocycles. The van der Waals surface area contributed by atoms with Crippen molar-refractivity contribution in [2.75, 3.05) is 13.2 Å². The molecule has 0 amide bonds. The van der Waals surface area contributed by atoms with E-state index < -0.39 is 0 Å². The fourth-order valence-electron chi connectivity index (χ4n) is 7.21. The number of carbonyl (C=O) groups excluding carboxylic acids is 1. The summed E-state index contributed by atoms with van der Waals surface area (Å²) in [6, 6.07) is 0.555. The fourth-order valence-corrected chi connectivity index (χ4v) is 7.21. The number of hydrogen-bond acceptors (Lipinski definition) is 4. The summed E-state index contributed by atoms with van der Waals surface area (Å²) >= 11 is 0. The molecule has 4 nitrogen and oxygen atoms in total. The average Bonchev–Trinajstić information content (AvgIpc) is 2.96. The zero-order valence-corrected chi connectivity index (χ0v) is 16.7. The molecule has 0 aromatic rings. The Balaban J connectivity index is 1.48. The maximum absolute atomic E-state index is 11.7. The van der Waals surface area contributed by atoms with Gasteiger partial charge >= 0.3 is 5.97 Å². The molecule has 0 aromatic carbocycles. The third kappa shape index (κ3) is 2.83. The van der Waals surface area contributed by atoms with Crippen molar-refractivity contribution in [1.29, 1.82) is 0 Å². The van der Waals surface area contributed by atoms with Crippen molar-refractivity contribution >= 4 is 12.2 Å². The number of esters is 1. The Bertz CT molecular complexity index is 576. The lowest BCUT2D eigenvalue weighted by atomic mass is 9.48. The van der Waals surface area contributed by atoms with Crippen LogP contribution in [0.3, 0.4) is 0 Å². The predicted molar refractivity (Wildman–Crippen MR) is 102 cm³/mol. The summed E-state index contributed by atoms with van der Waals surface area (Å²) in [5.74, 6) is 2.17. The highest BCUT2D eigenvalue weighted by Crippen LogP contribution is 2.64. The summed E-state index contributed by atoms with van der Waals surface area (Å²) in [5, 5.41) is 0. The second kappa shape index (κ2) is 6.92. The minimum absolute atomic E-state index is 0.114. The maximum Gasteiger partial charge on any atom is 0.332 e. The van der Waals surface area contributed by atoms with E-state index in [0.717, 1.165) is 30.6 Å². The van der Waals surface area contributed by atoms with Crippen LogP contribution in [0, 0.1) is 28.6 Å². The van der Waals surface area contributed by atoms with Crippen LogP contribution in [0.5, 0.6) is 0 Å². The molecule has 7 atom stereocenters. The first kappa shape index (κ1) is 18.5. The van der Waals surface area contributed by atoms with Gasteiger partial charge in [-0.2, -0.15) is 0 Å². The first-order valence-corrected chi connectivity index (χ1v) is 10.8. The fraction of sp³-hybridized carbons (Fsp3) is 0.909. The maximum atomic E-state index is 11.7. The molecule has 0 saturated heterocycles. The van der Waals surface area contributed by atoms with Crippen LogP contribution < -0.4 is 0 Å². The lowest BCUT2D eigenvalue weighted by Crippen LogP contribution is -2.54. The molecule has 0 spiro atoms. The van der Waals surface area contributed by atoms with Crippen molar-refractivity contribution in [2.45, 2.75) is 84.3 Å². The van der Waals surface area contributed by atoms with Gasteiger partial charge in [-0.05, 0) is 93.1 Å². The van der Waals surface area contributed by atoms with Crippen LogP contribution >= 0.6 is 0 Å². The largest absolute Gasteiger partial charge is 0.464 e. The number of rotatable bonds is 4. The Morgan fingerprint density at radius 2 is 1.88 bits per heavy atom. The van der Waals surface area contributed by atoms with E-state index in [1.807, 2.05) is 6.92 Å². The minimum Gasteiger partial charge on any atom is -0.464 e. The molecule has 26 heavy (non-hydrogen) atoms. The van der Waals surface area contributed by atoms with Crippen molar-refractivity contribution in [3.05, 3.63) is 0 Å². The minimum atomic E-state index is -0.221. The molecule has 1 heterocycles. The van der Waals surface area contributed by atoms with Crippen LogP contribution in [0.25, 0.3) is 0 Å². The molecule has 3 aliphatic carbocycles. The Kier molecular flexibility index (Phi) is 4.92. The van der Waals surface area contributed by atoms with Crippen LogP contribution in [0.4, 0.5) is 0 Å². The lowest BCUT2D eigenvalue weighted by Gasteiger charge is -2.58. The van der Waals surface area contributed by atoms with Gasteiger partial charge in [0.2, 0.25) is 0 Å². The van der Waals surface area contributed by atoms with Gasteiger partial charge < -0.3 is 9.47 Å². The van der Waals surface area contributed by atoms with Gasteiger partial charge in [0.1, 0.15) is 6.61 Å². The van der Waals surface area contributed by atoms with Gasteiger partial charge in [0, 0.05) is 0 Å². The SMILES string of the molecule is CCOC(=O)COC1CC[C@H]2[C@@H]3CCC4N=CCC[C@]4(C)[C@@H]3CC[C@]12C. The molecule has 4 aliphatic rings. The van der Waals surface area contributed by atoms with Gasteiger partial charge in [0.25, 0.3) is 0 Å². The number of ether oxygens (including phenoxy) is 2. The Morgan fingerprint density at radius 3 is 2.69 bits per heavy atom. The van der Waals surface area contributed by atoms with E-state index in [2.05, 4.69) is 20.1 Å². The number of nitrogens with zero attached hydrogens (tertiary/aromatic N) is 1. The van der Waals surface area contributed by atoms with Crippen LogP contribution in [-0.2, 0) is 14.3 Å². The number of carbonyl (C=O) groups is 1. The van der Waals surface area contributed by atoms with Crippen LogP contribution in [0.15, 0.2) is 4.99 Å². The first-order chi connectivity index (χ1) is 12.5. The first-order valence-electron chi connectivity index (χ1n) is 10.8. The van der Waals surface area contributed by atoms with Crippen LogP contribution in [0.1, 0.15) is 72.1 Å². The Hall–Kier alpha value is -0.900. The molecule has 3 fully saturated rings. The predicted octanol–water partition coefficient (Wildman–Crippen LogP) is 4.41. The lowest BCUT2D eigenvalue weighted by molar-refractivity contribution is -0.156. The van der Waals surface area contributed by atoms with E-state index in [9.17, 15) is 4.79 Å². The molecule has 0 N–H and O–H groups in total. The van der Waals surface area contributed by atoms with Gasteiger partial charge in [-0.1, -0.05) is 13.8 Å². The smallest absolute Gasteiger partial charge is 0.332 e. The van der Waals surface area contributed by atoms with Gasteiger partial charge in [0.15, 0.2) is 0 Å². The quantitative estimate of drug-likeness (QED) is 0.697. The number of hydrogen-bond donors (Lipinski definition) is 0. The topological polar surface area (TPSA) is 47.9 Å². The van der Waals surface area contributed by atoms with E-state index in [0.29, 0.717) is 18.1 Å². The van der Waals surface area contributed by atoms with E-state index in [4.69, 9.17) is 14.5 Å². The Morgan fingerprint density at radius 1 is 1.08 bits per heavy atom. The van der Waals surface area contributed by atoms with Crippen LogP contribution in [0.2, 0.25) is 0 Å².